The maximum Gasteiger partial charge on any atom is 0.239 e. The van der Waals surface area contributed by atoms with Gasteiger partial charge in [-0.25, -0.2) is 0 Å². The van der Waals surface area contributed by atoms with Crippen LogP contribution in [0.2, 0.25) is 0 Å². The maximum absolute atomic E-state index is 11.8. The Morgan fingerprint density at radius 3 is 2.00 bits per heavy atom. The van der Waals surface area contributed by atoms with Crippen molar-refractivity contribution in [3.05, 3.63) is 0 Å². The summed E-state index contributed by atoms with van der Waals surface area (Å²) in [5, 5.41) is 0. The molecule has 0 aromatic carbocycles. The van der Waals surface area contributed by atoms with E-state index in [0.29, 0.717) is 0 Å². The van der Waals surface area contributed by atoms with Gasteiger partial charge < -0.3 is 10.6 Å². The maximum atomic E-state index is 11.8. The van der Waals surface area contributed by atoms with Crippen LogP contribution in [0.3, 0.4) is 0 Å². The third kappa shape index (κ3) is 2.71. The van der Waals surface area contributed by atoms with Gasteiger partial charge in [0.15, 0.2) is 0 Å². The molecule has 2 rings (SSSR count). The highest BCUT2D eigenvalue weighted by Crippen LogP contribution is 2.33. The normalized spacial score (nSPS) is 23.3. The van der Waals surface area contributed by atoms with Gasteiger partial charge in [-0.1, -0.05) is 0 Å². The standard InChI is InChI=1S/C11H20N2O/c1-8(12)11(14)13(6-9-2-3-9)7-10-4-5-10/h8-10H,2-7,12H2,1H3. The SMILES string of the molecule is CC(N)C(=O)N(CC1CC1)CC1CC1. The summed E-state index contributed by atoms with van der Waals surface area (Å²) in [6.07, 6.45) is 5.20. The molecule has 0 saturated heterocycles. The van der Waals surface area contributed by atoms with Crippen LogP contribution in [0.25, 0.3) is 0 Å². The lowest BCUT2D eigenvalue weighted by Crippen LogP contribution is -2.44. The van der Waals surface area contributed by atoms with Crippen molar-refractivity contribution < 1.29 is 4.79 Å². The quantitative estimate of drug-likeness (QED) is 0.712. The molecule has 0 heterocycles. The number of hydrogen-bond acceptors (Lipinski definition) is 2. The number of rotatable bonds is 5. The summed E-state index contributed by atoms with van der Waals surface area (Å²) in [6.45, 7) is 3.70. The highest BCUT2D eigenvalue weighted by atomic mass is 16.2. The summed E-state index contributed by atoms with van der Waals surface area (Å²) in [6, 6.07) is -0.326. The fourth-order valence-electron chi connectivity index (χ4n) is 1.77. The average Bonchev–Trinajstić information content (AvgIpc) is 2.94. The molecule has 1 atom stereocenters. The van der Waals surface area contributed by atoms with Crippen LogP contribution in [-0.4, -0.2) is 29.9 Å². The predicted molar refractivity (Wildman–Crippen MR) is 55.7 cm³/mol. The van der Waals surface area contributed by atoms with E-state index in [2.05, 4.69) is 0 Å². The number of hydrogen-bond donors (Lipinski definition) is 1. The first-order valence-electron chi connectivity index (χ1n) is 5.71. The summed E-state index contributed by atoms with van der Waals surface area (Å²) in [7, 11) is 0. The van der Waals surface area contributed by atoms with Crippen molar-refractivity contribution in [2.75, 3.05) is 13.1 Å². The molecular formula is C11H20N2O. The monoisotopic (exact) mass is 196 g/mol. The Hall–Kier alpha value is -0.570. The largest absolute Gasteiger partial charge is 0.341 e. The summed E-state index contributed by atoms with van der Waals surface area (Å²) in [5.41, 5.74) is 5.64. The molecule has 0 aromatic heterocycles. The fourth-order valence-corrected chi connectivity index (χ4v) is 1.77. The van der Waals surface area contributed by atoms with Crippen LogP contribution < -0.4 is 5.73 Å². The Labute approximate surface area is 85.6 Å². The minimum absolute atomic E-state index is 0.142. The zero-order valence-electron chi connectivity index (χ0n) is 8.91. The molecule has 2 fully saturated rings. The Morgan fingerprint density at radius 2 is 1.71 bits per heavy atom. The lowest BCUT2D eigenvalue weighted by atomic mass is 10.2. The van der Waals surface area contributed by atoms with Crippen molar-refractivity contribution >= 4 is 5.91 Å². The predicted octanol–water partition coefficient (Wildman–Crippen LogP) is 0.982. The van der Waals surface area contributed by atoms with Crippen molar-refractivity contribution in [2.24, 2.45) is 17.6 Å². The minimum Gasteiger partial charge on any atom is -0.341 e. The molecule has 0 spiro atoms. The van der Waals surface area contributed by atoms with E-state index in [1.165, 1.54) is 25.7 Å². The number of nitrogens with two attached hydrogens (primary N) is 1. The van der Waals surface area contributed by atoms with Gasteiger partial charge in [-0.2, -0.15) is 0 Å². The molecule has 1 amide bonds. The Bertz CT molecular complexity index is 205. The van der Waals surface area contributed by atoms with Gasteiger partial charge in [0.2, 0.25) is 5.91 Å². The second-order valence-corrected chi connectivity index (χ2v) is 4.92. The molecule has 2 N–H and O–H groups in total. The van der Waals surface area contributed by atoms with E-state index in [9.17, 15) is 4.79 Å². The Kier molecular flexibility index (Phi) is 2.77. The molecule has 1 unspecified atom stereocenters. The summed E-state index contributed by atoms with van der Waals surface area (Å²) in [4.78, 5) is 13.8. The Morgan fingerprint density at radius 1 is 1.29 bits per heavy atom. The molecular weight excluding hydrogens is 176 g/mol. The minimum atomic E-state index is -0.326. The van der Waals surface area contributed by atoms with Crippen LogP contribution in [0.1, 0.15) is 32.6 Å². The van der Waals surface area contributed by atoms with Crippen LogP contribution in [0.15, 0.2) is 0 Å². The molecule has 0 aliphatic heterocycles. The van der Waals surface area contributed by atoms with Crippen molar-refractivity contribution in [1.29, 1.82) is 0 Å². The van der Waals surface area contributed by atoms with E-state index in [4.69, 9.17) is 5.73 Å². The van der Waals surface area contributed by atoms with E-state index in [1.54, 1.807) is 6.92 Å². The molecule has 0 bridgehead atoms. The smallest absolute Gasteiger partial charge is 0.239 e. The molecule has 3 nitrogen and oxygen atoms in total. The molecule has 2 aliphatic rings. The first-order chi connectivity index (χ1) is 6.66. The average molecular weight is 196 g/mol. The summed E-state index contributed by atoms with van der Waals surface area (Å²) < 4.78 is 0. The van der Waals surface area contributed by atoms with E-state index in [1.807, 2.05) is 4.90 Å². The summed E-state index contributed by atoms with van der Waals surface area (Å²) >= 11 is 0. The van der Waals surface area contributed by atoms with Gasteiger partial charge in [0, 0.05) is 13.1 Å². The first-order valence-corrected chi connectivity index (χ1v) is 5.71. The molecule has 0 radical (unpaired) electrons. The van der Waals surface area contributed by atoms with Crippen molar-refractivity contribution in [2.45, 2.75) is 38.6 Å². The van der Waals surface area contributed by atoms with Crippen LogP contribution >= 0.6 is 0 Å². The Balaban J connectivity index is 1.85. The molecule has 3 heteroatoms. The van der Waals surface area contributed by atoms with E-state index in [0.717, 1.165) is 24.9 Å². The highest BCUT2D eigenvalue weighted by molar-refractivity contribution is 5.81. The topological polar surface area (TPSA) is 46.3 Å². The van der Waals surface area contributed by atoms with Gasteiger partial charge in [-0.05, 0) is 44.4 Å². The van der Waals surface area contributed by atoms with E-state index in [-0.39, 0.29) is 11.9 Å². The van der Waals surface area contributed by atoms with Gasteiger partial charge >= 0.3 is 0 Å². The van der Waals surface area contributed by atoms with E-state index < -0.39 is 0 Å². The van der Waals surface area contributed by atoms with Gasteiger partial charge in [0.05, 0.1) is 6.04 Å². The van der Waals surface area contributed by atoms with Crippen molar-refractivity contribution in [3.63, 3.8) is 0 Å². The number of nitrogens with zero attached hydrogens (tertiary/aromatic N) is 1. The fraction of sp³-hybridized carbons (Fsp3) is 0.909. The van der Waals surface area contributed by atoms with Crippen LogP contribution in [0.5, 0.6) is 0 Å². The van der Waals surface area contributed by atoms with Crippen LogP contribution in [-0.2, 0) is 4.79 Å². The molecule has 0 aromatic rings. The van der Waals surface area contributed by atoms with Crippen molar-refractivity contribution in [3.8, 4) is 0 Å². The summed E-state index contributed by atoms with van der Waals surface area (Å²) in [5.74, 6) is 1.69. The van der Waals surface area contributed by atoms with Gasteiger partial charge in [0.1, 0.15) is 0 Å². The van der Waals surface area contributed by atoms with E-state index >= 15 is 0 Å². The zero-order chi connectivity index (χ0) is 10.1. The number of carbonyl (C=O) groups excluding carboxylic acids is 1. The molecule has 2 aliphatic carbocycles. The highest BCUT2D eigenvalue weighted by Gasteiger charge is 2.32. The third-order valence-corrected chi connectivity index (χ3v) is 3.05. The number of carbonyl (C=O) groups is 1. The van der Waals surface area contributed by atoms with Gasteiger partial charge in [-0.3, -0.25) is 4.79 Å². The molecule has 2 saturated carbocycles. The first kappa shape index (κ1) is 9.97. The van der Waals surface area contributed by atoms with Crippen LogP contribution in [0, 0.1) is 11.8 Å². The number of amides is 1. The van der Waals surface area contributed by atoms with Crippen molar-refractivity contribution in [1.82, 2.24) is 4.90 Å². The van der Waals surface area contributed by atoms with Gasteiger partial charge in [0.25, 0.3) is 0 Å². The zero-order valence-corrected chi connectivity index (χ0v) is 8.91. The lowest BCUT2D eigenvalue weighted by molar-refractivity contribution is -0.132. The lowest BCUT2D eigenvalue weighted by Gasteiger charge is -2.24. The second-order valence-electron chi connectivity index (χ2n) is 4.92. The van der Waals surface area contributed by atoms with Gasteiger partial charge in [-0.15, -0.1) is 0 Å². The molecule has 80 valence electrons. The second kappa shape index (κ2) is 3.89. The van der Waals surface area contributed by atoms with Crippen LogP contribution in [0.4, 0.5) is 0 Å². The molecule has 14 heavy (non-hydrogen) atoms. The third-order valence-electron chi connectivity index (χ3n) is 3.05.